The van der Waals surface area contributed by atoms with Crippen LogP contribution in [0.3, 0.4) is 0 Å². The van der Waals surface area contributed by atoms with Gasteiger partial charge >= 0.3 is 11.9 Å². The summed E-state index contributed by atoms with van der Waals surface area (Å²) in [4.78, 5) is 25.0. The van der Waals surface area contributed by atoms with Gasteiger partial charge in [0.15, 0.2) is 0 Å². The fraction of sp³-hybridized carbons (Fsp3) is 0.889. The number of hydrogen-bond acceptors (Lipinski definition) is 8. The number of halogens is 1. The van der Waals surface area contributed by atoms with Gasteiger partial charge in [0.2, 0.25) is 0 Å². The minimum Gasteiger partial charge on any atom is -0.466 e. The van der Waals surface area contributed by atoms with Crippen LogP contribution in [0.4, 0.5) is 0 Å². The molecule has 0 radical (unpaired) electrons. The molecule has 0 fully saturated rings. The van der Waals surface area contributed by atoms with Crippen molar-refractivity contribution in [3.63, 3.8) is 0 Å². The maximum atomic E-state index is 11.5. The van der Waals surface area contributed by atoms with Crippen molar-refractivity contribution in [1.29, 1.82) is 0 Å². The third-order valence-corrected chi connectivity index (χ3v) is 3.55. The zero-order valence-electron chi connectivity index (χ0n) is 16.6. The van der Waals surface area contributed by atoms with Gasteiger partial charge in [-0.2, -0.15) is 0 Å². The van der Waals surface area contributed by atoms with E-state index in [2.05, 4.69) is 0 Å². The average molecular weight is 412 g/mol. The number of carbonyl (C=O) groups is 2. The lowest BCUT2D eigenvalue weighted by Gasteiger charge is -2.21. The lowest BCUT2D eigenvalue weighted by atomic mass is 10.3. The molecule has 0 bridgehead atoms. The summed E-state index contributed by atoms with van der Waals surface area (Å²) in [5.41, 5.74) is 0. The first-order chi connectivity index (χ1) is 13.1. The molecule has 0 aromatic carbocycles. The average Bonchev–Trinajstić information content (AvgIpc) is 2.65. The fourth-order valence-corrected chi connectivity index (χ4v) is 2.20. The minimum atomic E-state index is -0.246. The quantitative estimate of drug-likeness (QED) is 0.179. The van der Waals surface area contributed by atoms with E-state index in [4.69, 9.17) is 35.3 Å². The highest BCUT2D eigenvalue weighted by molar-refractivity contribution is 6.17. The third kappa shape index (κ3) is 18.2. The Morgan fingerprint density at radius 2 is 1.15 bits per heavy atom. The Morgan fingerprint density at radius 1 is 0.704 bits per heavy atom. The van der Waals surface area contributed by atoms with Crippen LogP contribution in [0.2, 0.25) is 0 Å². The summed E-state index contributed by atoms with van der Waals surface area (Å²) in [7, 11) is 0. The molecule has 0 aromatic rings. The number of hydrogen-bond donors (Lipinski definition) is 0. The Balaban J connectivity index is 3.90. The van der Waals surface area contributed by atoms with Crippen LogP contribution in [0.5, 0.6) is 0 Å². The zero-order chi connectivity index (χ0) is 20.2. The number of carbonyl (C=O) groups excluding carboxylic acids is 2. The summed E-state index contributed by atoms with van der Waals surface area (Å²) in [6.07, 6.45) is 0.560. The monoisotopic (exact) mass is 411 g/mol. The fourth-order valence-electron chi connectivity index (χ4n) is 2.09. The van der Waals surface area contributed by atoms with E-state index >= 15 is 0 Å². The van der Waals surface area contributed by atoms with E-state index in [1.807, 2.05) is 4.90 Å². The Hall–Kier alpha value is -0.930. The summed E-state index contributed by atoms with van der Waals surface area (Å²) in [6.45, 7) is 8.88. The van der Waals surface area contributed by atoms with Crippen LogP contribution in [0, 0.1) is 0 Å². The van der Waals surface area contributed by atoms with Gasteiger partial charge in [0.25, 0.3) is 0 Å². The molecule has 9 heteroatoms. The first-order valence-corrected chi connectivity index (χ1v) is 10.00. The van der Waals surface area contributed by atoms with Crippen molar-refractivity contribution in [2.75, 3.05) is 78.4 Å². The molecule has 27 heavy (non-hydrogen) atoms. The van der Waals surface area contributed by atoms with Crippen LogP contribution in [0.1, 0.15) is 26.7 Å². The predicted molar refractivity (Wildman–Crippen MR) is 102 cm³/mol. The summed E-state index contributed by atoms with van der Waals surface area (Å²) in [5.74, 6) is -0.0138. The Morgan fingerprint density at radius 3 is 1.59 bits per heavy atom. The number of rotatable bonds is 19. The summed E-state index contributed by atoms with van der Waals surface area (Å²) in [6, 6.07) is 0. The highest BCUT2D eigenvalue weighted by Gasteiger charge is 2.11. The van der Waals surface area contributed by atoms with Gasteiger partial charge in [-0.1, -0.05) is 0 Å². The van der Waals surface area contributed by atoms with Crippen molar-refractivity contribution in [1.82, 2.24) is 4.90 Å². The number of ether oxygens (including phenoxy) is 5. The van der Waals surface area contributed by atoms with Crippen molar-refractivity contribution in [3.05, 3.63) is 0 Å². The molecular formula is C18H34ClNO7. The molecule has 0 N–H and O–H groups in total. The predicted octanol–water partition coefficient (Wildman–Crippen LogP) is 1.48. The van der Waals surface area contributed by atoms with Crippen molar-refractivity contribution in [2.24, 2.45) is 0 Å². The van der Waals surface area contributed by atoms with Gasteiger partial charge in [-0.25, -0.2) is 0 Å². The molecule has 0 aliphatic carbocycles. The van der Waals surface area contributed by atoms with Gasteiger partial charge in [-0.05, 0) is 13.8 Å². The maximum Gasteiger partial charge on any atom is 0.307 e. The largest absolute Gasteiger partial charge is 0.466 e. The van der Waals surface area contributed by atoms with Crippen molar-refractivity contribution in [3.8, 4) is 0 Å². The SMILES string of the molecule is CCOC(=O)CCN(CCOCCOCCOCCCl)CCC(=O)OCC. The van der Waals surface area contributed by atoms with Gasteiger partial charge in [0, 0.05) is 25.5 Å². The molecule has 8 nitrogen and oxygen atoms in total. The summed E-state index contributed by atoms with van der Waals surface area (Å²) < 4.78 is 26.0. The molecule has 0 aliphatic heterocycles. The number of alkyl halides is 1. The first-order valence-electron chi connectivity index (χ1n) is 9.46. The van der Waals surface area contributed by atoms with Crippen molar-refractivity contribution >= 4 is 23.5 Å². The van der Waals surface area contributed by atoms with Gasteiger partial charge in [-0.15, -0.1) is 11.6 Å². The molecule has 0 atom stereocenters. The molecule has 0 rings (SSSR count). The minimum absolute atomic E-state index is 0.246. The molecule has 0 saturated carbocycles. The van der Waals surface area contributed by atoms with E-state index in [-0.39, 0.29) is 24.8 Å². The second kappa shape index (κ2) is 19.8. The smallest absolute Gasteiger partial charge is 0.307 e. The molecule has 0 unspecified atom stereocenters. The summed E-state index contributed by atoms with van der Waals surface area (Å²) in [5, 5.41) is 0. The van der Waals surface area contributed by atoms with Crippen LogP contribution in [-0.2, 0) is 33.3 Å². The molecule has 0 aromatic heterocycles. The van der Waals surface area contributed by atoms with Crippen LogP contribution < -0.4 is 0 Å². The standard InChI is InChI=1S/C18H34ClNO7/c1-3-26-17(21)5-8-20(9-6-18(22)27-4-2)10-12-24-14-16-25-15-13-23-11-7-19/h3-16H2,1-2H3. The molecule has 160 valence electrons. The molecule has 0 saturated heterocycles. The lowest BCUT2D eigenvalue weighted by Crippen LogP contribution is -2.33. The highest BCUT2D eigenvalue weighted by atomic mass is 35.5. The van der Waals surface area contributed by atoms with Gasteiger partial charge in [0.1, 0.15) is 0 Å². The number of esters is 2. The second-order valence-electron chi connectivity index (χ2n) is 5.48. The molecule has 0 spiro atoms. The van der Waals surface area contributed by atoms with Crippen LogP contribution in [0.25, 0.3) is 0 Å². The van der Waals surface area contributed by atoms with E-state index in [0.29, 0.717) is 78.4 Å². The van der Waals surface area contributed by atoms with E-state index in [1.165, 1.54) is 0 Å². The van der Waals surface area contributed by atoms with Crippen molar-refractivity contribution in [2.45, 2.75) is 26.7 Å². The van der Waals surface area contributed by atoms with E-state index in [0.717, 1.165) is 0 Å². The Bertz CT molecular complexity index is 350. The maximum absolute atomic E-state index is 11.5. The number of nitrogens with zero attached hydrogens (tertiary/aromatic N) is 1. The van der Waals surface area contributed by atoms with Crippen molar-refractivity contribution < 1.29 is 33.3 Å². The third-order valence-electron chi connectivity index (χ3n) is 3.39. The van der Waals surface area contributed by atoms with E-state index < -0.39 is 0 Å². The molecule has 0 amide bonds. The van der Waals surface area contributed by atoms with Gasteiger partial charge in [0.05, 0.1) is 65.7 Å². The summed E-state index contributed by atoms with van der Waals surface area (Å²) >= 11 is 5.49. The van der Waals surface area contributed by atoms with E-state index in [1.54, 1.807) is 13.8 Å². The van der Waals surface area contributed by atoms with Crippen LogP contribution >= 0.6 is 11.6 Å². The van der Waals surface area contributed by atoms with Gasteiger partial charge in [-0.3, -0.25) is 14.5 Å². The second-order valence-corrected chi connectivity index (χ2v) is 5.86. The normalized spacial score (nSPS) is 11.0. The highest BCUT2D eigenvalue weighted by Crippen LogP contribution is 1.99. The van der Waals surface area contributed by atoms with E-state index in [9.17, 15) is 9.59 Å². The molecule has 0 aliphatic rings. The topological polar surface area (TPSA) is 83.5 Å². The Labute approximate surface area is 167 Å². The molecule has 0 heterocycles. The first kappa shape index (κ1) is 26.1. The lowest BCUT2D eigenvalue weighted by molar-refractivity contribution is -0.143. The van der Waals surface area contributed by atoms with Gasteiger partial charge < -0.3 is 23.7 Å². The zero-order valence-corrected chi connectivity index (χ0v) is 17.3. The molecular weight excluding hydrogens is 378 g/mol. The Kier molecular flexibility index (Phi) is 19.1. The van der Waals surface area contributed by atoms with Crippen LogP contribution in [0.15, 0.2) is 0 Å². The van der Waals surface area contributed by atoms with Crippen LogP contribution in [-0.4, -0.2) is 95.2 Å².